The molecule has 7 nitrogen and oxygen atoms in total. The SMILES string of the molecule is CCS(=O)(=O)N1CC(=O)N(c2ccc(C)cc2C)[C@](C)(C(=O)NC2CCCCCC2)C1. The van der Waals surface area contributed by atoms with E-state index in [1.165, 1.54) is 22.0 Å². The van der Waals surface area contributed by atoms with Crippen LogP contribution in [-0.4, -0.2) is 55.0 Å². The number of piperazine rings is 1. The first-order valence-corrected chi connectivity index (χ1v) is 12.9. The van der Waals surface area contributed by atoms with Crippen LogP contribution in [0.4, 0.5) is 5.69 Å². The molecule has 1 aromatic carbocycles. The summed E-state index contributed by atoms with van der Waals surface area (Å²) in [5.41, 5.74) is 1.27. The summed E-state index contributed by atoms with van der Waals surface area (Å²) in [7, 11) is -3.61. The lowest BCUT2D eigenvalue weighted by Crippen LogP contribution is -2.71. The molecule has 0 spiro atoms. The predicted molar refractivity (Wildman–Crippen MR) is 122 cm³/mol. The molecule has 0 bridgehead atoms. The maximum atomic E-state index is 13.6. The summed E-state index contributed by atoms with van der Waals surface area (Å²) in [4.78, 5) is 28.5. The maximum Gasteiger partial charge on any atom is 0.247 e. The number of hydrogen-bond donors (Lipinski definition) is 1. The molecule has 0 unspecified atom stereocenters. The molecule has 1 aliphatic carbocycles. The number of sulfonamides is 1. The van der Waals surface area contributed by atoms with E-state index in [-0.39, 0.29) is 36.7 Å². The van der Waals surface area contributed by atoms with E-state index in [1.54, 1.807) is 13.8 Å². The van der Waals surface area contributed by atoms with Gasteiger partial charge in [0.05, 0.1) is 12.3 Å². The van der Waals surface area contributed by atoms with Gasteiger partial charge in [-0.2, -0.15) is 4.31 Å². The lowest BCUT2D eigenvalue weighted by atomic mass is 9.92. The van der Waals surface area contributed by atoms with Gasteiger partial charge in [-0.15, -0.1) is 0 Å². The molecule has 1 aliphatic heterocycles. The van der Waals surface area contributed by atoms with E-state index in [0.29, 0.717) is 5.69 Å². The summed E-state index contributed by atoms with van der Waals surface area (Å²) in [6.07, 6.45) is 6.29. The van der Waals surface area contributed by atoms with Crippen LogP contribution in [0.25, 0.3) is 0 Å². The molecule has 0 aromatic heterocycles. The molecule has 2 amide bonds. The fourth-order valence-electron chi connectivity index (χ4n) is 4.74. The van der Waals surface area contributed by atoms with E-state index < -0.39 is 15.6 Å². The number of amides is 2. The molecule has 3 rings (SSSR count). The second-order valence-corrected chi connectivity index (χ2v) is 11.4. The van der Waals surface area contributed by atoms with Crippen molar-refractivity contribution in [3.05, 3.63) is 29.3 Å². The third-order valence-electron chi connectivity index (χ3n) is 6.57. The summed E-state index contributed by atoms with van der Waals surface area (Å²) in [6.45, 7) is 6.82. The fourth-order valence-corrected chi connectivity index (χ4v) is 5.86. The first-order chi connectivity index (χ1) is 14.6. The Bertz CT molecular complexity index is 938. The first-order valence-electron chi connectivity index (χ1n) is 11.3. The fraction of sp³-hybridized carbons (Fsp3) is 0.652. The highest BCUT2D eigenvalue weighted by Crippen LogP contribution is 2.33. The van der Waals surface area contributed by atoms with Crippen LogP contribution < -0.4 is 10.2 Å². The van der Waals surface area contributed by atoms with Crippen molar-refractivity contribution in [2.24, 2.45) is 0 Å². The maximum absolute atomic E-state index is 13.6. The average molecular weight is 450 g/mol. The van der Waals surface area contributed by atoms with Crippen molar-refractivity contribution in [1.82, 2.24) is 9.62 Å². The van der Waals surface area contributed by atoms with E-state index in [4.69, 9.17) is 0 Å². The Morgan fingerprint density at radius 3 is 2.39 bits per heavy atom. The number of carbonyl (C=O) groups is 2. The zero-order valence-electron chi connectivity index (χ0n) is 19.1. The van der Waals surface area contributed by atoms with Crippen LogP contribution in [0.5, 0.6) is 0 Å². The minimum absolute atomic E-state index is 0.0548. The van der Waals surface area contributed by atoms with Crippen molar-refractivity contribution in [3.63, 3.8) is 0 Å². The van der Waals surface area contributed by atoms with Gasteiger partial charge < -0.3 is 5.32 Å². The van der Waals surface area contributed by atoms with Crippen molar-refractivity contribution >= 4 is 27.5 Å². The van der Waals surface area contributed by atoms with Crippen molar-refractivity contribution < 1.29 is 18.0 Å². The summed E-state index contributed by atoms with van der Waals surface area (Å²) in [5.74, 6) is -0.776. The lowest BCUT2D eigenvalue weighted by Gasteiger charge is -2.47. The molecule has 2 fully saturated rings. The second-order valence-electron chi connectivity index (χ2n) is 9.12. The summed E-state index contributed by atoms with van der Waals surface area (Å²) in [6, 6.07) is 5.79. The zero-order valence-corrected chi connectivity index (χ0v) is 19.9. The van der Waals surface area contributed by atoms with Gasteiger partial charge in [0.15, 0.2) is 0 Å². The van der Waals surface area contributed by atoms with Crippen LogP contribution in [0, 0.1) is 13.8 Å². The van der Waals surface area contributed by atoms with E-state index in [1.807, 2.05) is 32.0 Å². The second kappa shape index (κ2) is 9.28. The Morgan fingerprint density at radius 2 is 1.81 bits per heavy atom. The van der Waals surface area contributed by atoms with Crippen molar-refractivity contribution in [1.29, 1.82) is 0 Å². The van der Waals surface area contributed by atoms with E-state index >= 15 is 0 Å². The molecule has 1 atom stereocenters. The Balaban J connectivity index is 2.00. The van der Waals surface area contributed by atoms with Crippen molar-refractivity contribution in [2.75, 3.05) is 23.7 Å². The highest BCUT2D eigenvalue weighted by Gasteiger charge is 2.51. The normalized spacial score (nSPS) is 24.1. The number of carbonyl (C=O) groups excluding carboxylic acids is 2. The van der Waals surface area contributed by atoms with Gasteiger partial charge in [0.2, 0.25) is 21.8 Å². The number of rotatable bonds is 5. The molecule has 31 heavy (non-hydrogen) atoms. The summed E-state index contributed by atoms with van der Waals surface area (Å²) < 4.78 is 26.4. The first kappa shape index (κ1) is 23.7. The molecule has 2 aliphatic rings. The van der Waals surface area contributed by atoms with Gasteiger partial charge in [-0.3, -0.25) is 14.5 Å². The smallest absolute Gasteiger partial charge is 0.247 e. The molecule has 1 saturated carbocycles. The minimum atomic E-state index is -3.61. The molecule has 172 valence electrons. The zero-order chi connectivity index (χ0) is 22.8. The van der Waals surface area contributed by atoms with Gasteiger partial charge in [-0.05, 0) is 52.2 Å². The number of aryl methyl sites for hydroxylation is 2. The van der Waals surface area contributed by atoms with Gasteiger partial charge in [-0.1, -0.05) is 43.4 Å². The van der Waals surface area contributed by atoms with Gasteiger partial charge in [0.1, 0.15) is 5.54 Å². The Morgan fingerprint density at radius 1 is 1.16 bits per heavy atom. The molecular weight excluding hydrogens is 414 g/mol. The molecule has 1 saturated heterocycles. The molecule has 0 radical (unpaired) electrons. The Hall–Kier alpha value is -1.93. The lowest BCUT2D eigenvalue weighted by molar-refractivity contribution is -0.133. The monoisotopic (exact) mass is 449 g/mol. The van der Waals surface area contributed by atoms with Crippen molar-refractivity contribution in [3.8, 4) is 0 Å². The Kier molecular flexibility index (Phi) is 7.11. The van der Waals surface area contributed by atoms with Crippen LogP contribution >= 0.6 is 0 Å². The van der Waals surface area contributed by atoms with E-state index in [0.717, 1.165) is 36.8 Å². The Labute approximate surface area is 186 Å². The quantitative estimate of drug-likeness (QED) is 0.701. The average Bonchev–Trinajstić information content (AvgIpc) is 2.97. The molecule has 1 N–H and O–H groups in total. The van der Waals surface area contributed by atoms with Gasteiger partial charge >= 0.3 is 0 Å². The van der Waals surface area contributed by atoms with Gasteiger partial charge in [-0.25, -0.2) is 8.42 Å². The van der Waals surface area contributed by atoms with Crippen LogP contribution in [0.3, 0.4) is 0 Å². The topological polar surface area (TPSA) is 86.8 Å². The van der Waals surface area contributed by atoms with Crippen LogP contribution in [0.15, 0.2) is 18.2 Å². The van der Waals surface area contributed by atoms with E-state index in [2.05, 4.69) is 5.32 Å². The largest absolute Gasteiger partial charge is 0.351 e. The van der Waals surface area contributed by atoms with Crippen molar-refractivity contribution in [2.45, 2.75) is 77.8 Å². The third-order valence-corrected chi connectivity index (χ3v) is 8.34. The summed E-state index contributed by atoms with van der Waals surface area (Å²) in [5, 5.41) is 3.16. The third kappa shape index (κ3) is 4.95. The molecule has 8 heteroatoms. The number of nitrogens with one attached hydrogen (secondary N) is 1. The van der Waals surface area contributed by atoms with Crippen LogP contribution in [-0.2, 0) is 19.6 Å². The van der Waals surface area contributed by atoms with Crippen LogP contribution in [0.2, 0.25) is 0 Å². The number of hydrogen-bond acceptors (Lipinski definition) is 4. The molecule has 1 heterocycles. The number of benzene rings is 1. The van der Waals surface area contributed by atoms with Gasteiger partial charge in [0.25, 0.3) is 0 Å². The standard InChI is InChI=1S/C23H35N3O4S/c1-5-31(29,30)25-15-21(27)26(20-13-12-17(2)14-18(20)3)23(4,16-25)22(28)24-19-10-8-6-7-9-11-19/h12-14,19H,5-11,15-16H2,1-4H3,(H,24,28)/t23-/m0/s1. The van der Waals surface area contributed by atoms with Crippen LogP contribution in [0.1, 0.15) is 63.5 Å². The summed E-state index contributed by atoms with van der Waals surface area (Å²) >= 11 is 0. The predicted octanol–water partition coefficient (Wildman–Crippen LogP) is 2.90. The highest BCUT2D eigenvalue weighted by atomic mass is 32.2. The number of nitrogens with zero attached hydrogens (tertiary/aromatic N) is 2. The number of anilines is 1. The van der Waals surface area contributed by atoms with Gasteiger partial charge in [0, 0.05) is 18.3 Å². The minimum Gasteiger partial charge on any atom is -0.351 e. The molecule has 1 aromatic rings. The van der Waals surface area contributed by atoms with E-state index in [9.17, 15) is 18.0 Å². The molecular formula is C23H35N3O4S. The highest BCUT2D eigenvalue weighted by molar-refractivity contribution is 7.89.